The summed E-state index contributed by atoms with van der Waals surface area (Å²) in [6.45, 7) is 8.69. The minimum atomic E-state index is 0.358. The molecule has 0 nitrogen and oxygen atoms in total. The molecule has 0 aromatic heterocycles. The largest absolute Gasteiger partial charge is 0.0871 e. The lowest BCUT2D eigenvalue weighted by atomic mass is 9.32. The van der Waals surface area contributed by atoms with Gasteiger partial charge in [0.05, 0.1) is 0 Å². The fourth-order valence-corrected chi connectivity index (χ4v) is 13.7. The summed E-state index contributed by atoms with van der Waals surface area (Å²) < 4.78 is 0. The summed E-state index contributed by atoms with van der Waals surface area (Å²) in [5, 5.41) is 0. The molecule has 2 aromatic carbocycles. The van der Waals surface area contributed by atoms with Gasteiger partial charge in [0.15, 0.2) is 0 Å². The van der Waals surface area contributed by atoms with Gasteiger partial charge in [-0.05, 0) is 196 Å². The van der Waals surface area contributed by atoms with Crippen LogP contribution in [0.1, 0.15) is 132 Å². The molecular formula is C44H54. The Morgan fingerprint density at radius 3 is 1.43 bits per heavy atom. The first kappa shape index (κ1) is 28.8. The highest BCUT2D eigenvalue weighted by Gasteiger charge is 2.68. The Bertz CT molecular complexity index is 1450. The summed E-state index contributed by atoms with van der Waals surface area (Å²) in [7, 11) is 0. The number of hydrogen-bond acceptors (Lipinski definition) is 0. The van der Waals surface area contributed by atoms with Crippen molar-refractivity contribution in [3.05, 3.63) is 94.1 Å². The Hall–Kier alpha value is -2.60. The molecule has 8 aliphatic carbocycles. The van der Waals surface area contributed by atoms with Crippen LogP contribution in [-0.2, 0) is 10.8 Å². The van der Waals surface area contributed by atoms with Crippen molar-refractivity contribution in [2.24, 2.45) is 40.9 Å². The molecule has 5 unspecified atom stereocenters. The van der Waals surface area contributed by atoms with Gasteiger partial charge in [0.2, 0.25) is 0 Å². The lowest BCUT2D eigenvalue weighted by Gasteiger charge is -2.72. The monoisotopic (exact) mass is 582 g/mol. The first-order chi connectivity index (χ1) is 21.4. The van der Waals surface area contributed by atoms with Gasteiger partial charge >= 0.3 is 0 Å². The molecule has 8 aliphatic rings. The van der Waals surface area contributed by atoms with E-state index >= 15 is 0 Å². The minimum absolute atomic E-state index is 0.358. The lowest BCUT2D eigenvalue weighted by molar-refractivity contribution is -0.186. The van der Waals surface area contributed by atoms with Gasteiger partial charge < -0.3 is 0 Å². The van der Waals surface area contributed by atoms with Crippen LogP contribution in [0, 0.1) is 40.9 Å². The van der Waals surface area contributed by atoms with Gasteiger partial charge in [0, 0.05) is 0 Å². The van der Waals surface area contributed by atoms with Crippen molar-refractivity contribution in [3.63, 3.8) is 0 Å². The molecule has 0 amide bonds. The molecule has 2 aromatic rings. The average molecular weight is 583 g/mol. The van der Waals surface area contributed by atoms with Crippen molar-refractivity contribution in [2.45, 2.75) is 109 Å². The number of hydrogen-bond donors (Lipinski definition) is 0. The van der Waals surface area contributed by atoms with E-state index in [2.05, 4.69) is 113 Å². The molecule has 44 heavy (non-hydrogen) atoms. The fraction of sp³-hybridized carbons (Fsp3) is 0.545. The molecule has 8 fully saturated rings. The van der Waals surface area contributed by atoms with Gasteiger partial charge in [-0.2, -0.15) is 0 Å². The number of rotatable bonds is 7. The first-order valence-electron chi connectivity index (χ1n) is 18.2. The van der Waals surface area contributed by atoms with Crippen LogP contribution >= 0.6 is 0 Å². The zero-order valence-corrected chi connectivity index (χ0v) is 27.8. The molecule has 5 atom stereocenters. The van der Waals surface area contributed by atoms with Crippen LogP contribution in [0.15, 0.2) is 60.7 Å². The highest BCUT2D eigenvalue weighted by molar-refractivity contribution is 5.62. The molecule has 0 radical (unpaired) electrons. The zero-order valence-electron chi connectivity index (χ0n) is 27.8. The Labute approximate surface area is 267 Å². The van der Waals surface area contributed by atoms with Crippen LogP contribution in [0.5, 0.6) is 0 Å². The van der Waals surface area contributed by atoms with E-state index in [0.717, 1.165) is 35.5 Å². The van der Waals surface area contributed by atoms with Crippen LogP contribution in [0.25, 0.3) is 24.3 Å². The van der Waals surface area contributed by atoms with Gasteiger partial charge in [-0.1, -0.05) is 72.9 Å². The maximum Gasteiger partial charge on any atom is -0.000512 e. The molecule has 0 spiro atoms. The van der Waals surface area contributed by atoms with Gasteiger partial charge in [0.1, 0.15) is 0 Å². The maximum atomic E-state index is 2.65. The molecular weight excluding hydrogens is 528 g/mol. The Morgan fingerprint density at radius 2 is 0.955 bits per heavy atom. The van der Waals surface area contributed by atoms with Crippen LogP contribution in [-0.4, -0.2) is 0 Å². The van der Waals surface area contributed by atoms with Crippen molar-refractivity contribution in [3.8, 4) is 0 Å². The van der Waals surface area contributed by atoms with Crippen molar-refractivity contribution >= 4 is 24.3 Å². The zero-order chi connectivity index (χ0) is 30.1. The third-order valence-electron chi connectivity index (χ3n) is 13.7. The minimum Gasteiger partial charge on any atom is -0.0871 e. The van der Waals surface area contributed by atoms with Crippen LogP contribution in [0.4, 0.5) is 0 Å². The fourth-order valence-electron chi connectivity index (χ4n) is 13.7. The van der Waals surface area contributed by atoms with E-state index in [9.17, 15) is 0 Å². The smallest absolute Gasteiger partial charge is 0.000512 e. The van der Waals surface area contributed by atoms with Crippen molar-refractivity contribution in [1.29, 1.82) is 0 Å². The van der Waals surface area contributed by atoms with Gasteiger partial charge in [-0.3, -0.25) is 0 Å². The van der Waals surface area contributed by atoms with Gasteiger partial charge in [-0.15, -0.1) is 0 Å². The van der Waals surface area contributed by atoms with E-state index in [1.54, 1.807) is 11.1 Å². The van der Waals surface area contributed by atoms with Crippen molar-refractivity contribution in [2.75, 3.05) is 0 Å². The number of benzene rings is 2. The highest BCUT2D eigenvalue weighted by Crippen LogP contribution is 2.76. The predicted octanol–water partition coefficient (Wildman–Crippen LogP) is 12.1. The SMILES string of the molecule is CC=Cc1cc(C=CC)cc(C23CC4CC(C2)CC(C2C5CC6CC(C5)CC2(c2cc(C=CC)cc(C=CC)c2)C6)(C4)C3)c1. The van der Waals surface area contributed by atoms with E-state index in [-0.39, 0.29) is 0 Å². The summed E-state index contributed by atoms with van der Waals surface area (Å²) in [6, 6.07) is 15.3. The highest BCUT2D eigenvalue weighted by atomic mass is 14.7. The third kappa shape index (κ3) is 4.52. The normalized spacial score (nSPS) is 40.5. The van der Waals surface area contributed by atoms with E-state index in [4.69, 9.17) is 0 Å². The van der Waals surface area contributed by atoms with Crippen molar-refractivity contribution < 1.29 is 0 Å². The molecule has 230 valence electrons. The Morgan fingerprint density at radius 1 is 0.500 bits per heavy atom. The Balaban J connectivity index is 1.28. The quantitative estimate of drug-likeness (QED) is 0.305. The summed E-state index contributed by atoms with van der Waals surface area (Å²) in [4.78, 5) is 0. The molecule has 8 saturated carbocycles. The molecule has 10 rings (SSSR count). The second-order valence-electron chi connectivity index (χ2n) is 16.6. The summed E-state index contributed by atoms with van der Waals surface area (Å²) in [5.41, 5.74) is 10.2. The maximum absolute atomic E-state index is 2.65. The van der Waals surface area contributed by atoms with Crippen molar-refractivity contribution in [1.82, 2.24) is 0 Å². The third-order valence-corrected chi connectivity index (χ3v) is 13.7. The topological polar surface area (TPSA) is 0 Å². The average Bonchev–Trinajstić information content (AvgIpc) is 2.96. The van der Waals surface area contributed by atoms with Gasteiger partial charge in [0.25, 0.3) is 0 Å². The number of allylic oxidation sites excluding steroid dienone is 4. The summed E-state index contributed by atoms with van der Waals surface area (Å²) in [6.07, 6.45) is 34.6. The summed E-state index contributed by atoms with van der Waals surface area (Å²) in [5.74, 6) is 5.49. The van der Waals surface area contributed by atoms with Gasteiger partial charge in [-0.25, -0.2) is 0 Å². The molecule has 0 heterocycles. The first-order valence-corrected chi connectivity index (χ1v) is 18.2. The van der Waals surface area contributed by atoms with E-state index in [0.29, 0.717) is 16.2 Å². The Kier molecular flexibility index (Phi) is 7.04. The van der Waals surface area contributed by atoms with E-state index in [1.165, 1.54) is 92.9 Å². The van der Waals surface area contributed by atoms with E-state index in [1.807, 2.05) is 0 Å². The molecule has 0 saturated heterocycles. The second-order valence-corrected chi connectivity index (χ2v) is 16.6. The van der Waals surface area contributed by atoms with Crippen LogP contribution < -0.4 is 0 Å². The second kappa shape index (κ2) is 10.7. The van der Waals surface area contributed by atoms with E-state index < -0.39 is 0 Å². The molecule has 0 N–H and O–H groups in total. The lowest BCUT2D eigenvalue weighted by Crippen LogP contribution is -2.65. The standard InChI is InChI=1S/C44H54/c1-5-9-30-13-31(10-6-2)20-39(19-30)42-23-36-16-37(24-42)26-43(25-36,29-42)41-38-17-34-15-35(18-38)28-44(41,27-34)40-21-32(11-7-3)14-33(22-40)12-8-4/h5-14,19-22,34-38,41H,15-18,23-29H2,1-4H3. The predicted molar refractivity (Wildman–Crippen MR) is 189 cm³/mol. The molecule has 8 bridgehead atoms. The molecule has 0 heteroatoms. The molecule has 0 aliphatic heterocycles. The summed E-state index contributed by atoms with van der Waals surface area (Å²) >= 11 is 0. The van der Waals surface area contributed by atoms with Crippen LogP contribution in [0.2, 0.25) is 0 Å². The van der Waals surface area contributed by atoms with Crippen LogP contribution in [0.3, 0.4) is 0 Å².